The van der Waals surface area contributed by atoms with Crippen molar-refractivity contribution in [2.45, 2.75) is 46.3 Å². The zero-order valence-corrected chi connectivity index (χ0v) is 19.7. The number of carbonyl (C=O) groups excluding carboxylic acids is 1. The summed E-state index contributed by atoms with van der Waals surface area (Å²) in [5.41, 5.74) is 4.10. The van der Waals surface area contributed by atoms with Crippen LogP contribution in [0.5, 0.6) is 5.75 Å². The van der Waals surface area contributed by atoms with Gasteiger partial charge in [-0.3, -0.25) is 14.4 Å². The van der Waals surface area contributed by atoms with E-state index in [0.29, 0.717) is 19.1 Å². The molecule has 3 aromatic rings. The van der Waals surface area contributed by atoms with Crippen LogP contribution in [-0.2, 0) is 24.4 Å². The molecular formula is C25H33N5O3. The highest BCUT2D eigenvalue weighted by atomic mass is 16.5. The number of piperidine rings is 1. The molecule has 0 N–H and O–H groups in total. The molecular weight excluding hydrogens is 418 g/mol. The molecule has 1 saturated heterocycles. The summed E-state index contributed by atoms with van der Waals surface area (Å²) in [5.74, 6) is 1.34. The number of rotatable bonds is 9. The summed E-state index contributed by atoms with van der Waals surface area (Å²) in [6.45, 7) is 7.97. The van der Waals surface area contributed by atoms with Crippen molar-refractivity contribution in [2.24, 2.45) is 5.92 Å². The van der Waals surface area contributed by atoms with Gasteiger partial charge >= 0.3 is 0 Å². The molecule has 0 radical (unpaired) electrons. The lowest BCUT2D eigenvalue weighted by Crippen LogP contribution is -2.43. The molecule has 0 aliphatic carbocycles. The molecule has 4 rings (SSSR count). The molecule has 1 unspecified atom stereocenters. The van der Waals surface area contributed by atoms with E-state index in [1.807, 2.05) is 43.0 Å². The first-order valence-corrected chi connectivity index (χ1v) is 11.5. The van der Waals surface area contributed by atoms with Gasteiger partial charge in [-0.1, -0.05) is 17.3 Å². The van der Waals surface area contributed by atoms with E-state index in [1.165, 1.54) is 5.56 Å². The number of aromatic nitrogens is 3. The minimum Gasteiger partial charge on any atom is -0.493 e. The Balaban J connectivity index is 1.23. The van der Waals surface area contributed by atoms with Crippen molar-refractivity contribution >= 4 is 5.91 Å². The van der Waals surface area contributed by atoms with Crippen LogP contribution in [0.1, 0.15) is 35.5 Å². The largest absolute Gasteiger partial charge is 0.493 e. The Morgan fingerprint density at radius 2 is 2.03 bits per heavy atom. The van der Waals surface area contributed by atoms with Crippen LogP contribution in [0.2, 0.25) is 0 Å². The summed E-state index contributed by atoms with van der Waals surface area (Å²) < 4.78 is 12.8. The van der Waals surface area contributed by atoms with Crippen molar-refractivity contribution in [3.63, 3.8) is 0 Å². The lowest BCUT2D eigenvalue weighted by atomic mass is 9.99. The van der Waals surface area contributed by atoms with E-state index in [0.717, 1.165) is 61.9 Å². The average Bonchev–Trinajstić information content (AvgIpc) is 3.42. The lowest BCUT2D eigenvalue weighted by Gasteiger charge is -2.32. The van der Waals surface area contributed by atoms with E-state index in [-0.39, 0.29) is 5.91 Å². The number of hydrogen-bond acceptors (Lipinski definition) is 6. The number of amides is 1. The van der Waals surface area contributed by atoms with Gasteiger partial charge in [-0.25, -0.2) is 0 Å². The summed E-state index contributed by atoms with van der Waals surface area (Å²) >= 11 is 0. The normalized spacial score (nSPS) is 16.4. The van der Waals surface area contributed by atoms with Gasteiger partial charge in [0, 0.05) is 43.9 Å². The Hall–Kier alpha value is -3.13. The summed E-state index contributed by atoms with van der Waals surface area (Å²) in [6.07, 6.45) is 3.68. The van der Waals surface area contributed by atoms with E-state index < -0.39 is 0 Å². The first kappa shape index (κ1) is 23.0. The van der Waals surface area contributed by atoms with Gasteiger partial charge in [0.2, 0.25) is 5.91 Å². The number of likely N-dealkylation sites (tertiary alicyclic amines) is 1. The van der Waals surface area contributed by atoms with Crippen LogP contribution in [-0.4, -0.2) is 57.4 Å². The van der Waals surface area contributed by atoms with Gasteiger partial charge in [0.15, 0.2) is 0 Å². The number of nitrogens with zero attached hydrogens (tertiary/aromatic N) is 5. The molecule has 0 spiro atoms. The highest BCUT2D eigenvalue weighted by molar-refractivity contribution is 5.76. The zero-order chi connectivity index (χ0) is 23.2. The number of hydrogen-bond donors (Lipinski definition) is 0. The van der Waals surface area contributed by atoms with Crippen LogP contribution in [0.4, 0.5) is 0 Å². The van der Waals surface area contributed by atoms with Crippen LogP contribution in [0.3, 0.4) is 0 Å². The fourth-order valence-corrected chi connectivity index (χ4v) is 4.36. The van der Waals surface area contributed by atoms with Crippen molar-refractivity contribution in [2.75, 3.05) is 26.7 Å². The highest BCUT2D eigenvalue weighted by Gasteiger charge is 2.24. The molecule has 2 aromatic heterocycles. The molecule has 0 saturated carbocycles. The Bertz CT molecular complexity index is 1030. The molecule has 3 heterocycles. The highest BCUT2D eigenvalue weighted by Crippen LogP contribution is 2.20. The zero-order valence-electron chi connectivity index (χ0n) is 19.7. The molecule has 1 amide bonds. The molecule has 1 atom stereocenters. The van der Waals surface area contributed by atoms with Gasteiger partial charge in [-0.05, 0) is 57.5 Å². The minimum absolute atomic E-state index is 0.130. The fourth-order valence-electron chi connectivity index (χ4n) is 4.36. The molecule has 33 heavy (non-hydrogen) atoms. The molecule has 1 fully saturated rings. The van der Waals surface area contributed by atoms with Crippen LogP contribution in [0, 0.1) is 19.8 Å². The first-order valence-electron chi connectivity index (χ1n) is 11.5. The summed E-state index contributed by atoms with van der Waals surface area (Å²) in [4.78, 5) is 16.9. The van der Waals surface area contributed by atoms with E-state index in [4.69, 9.17) is 9.26 Å². The predicted molar refractivity (Wildman–Crippen MR) is 125 cm³/mol. The molecule has 8 nitrogen and oxygen atoms in total. The standard InChI is InChI=1S/C25H33N5O3/c1-19-13-20(2)30(26-19)17-25(31)29-11-4-5-22(15-29)18-32-24-8-6-21(7-9-24)14-28(3)16-23-10-12-33-27-23/h6-10,12-13,22H,4-5,11,14-18H2,1-3H3. The second kappa shape index (κ2) is 10.7. The Morgan fingerprint density at radius 1 is 1.21 bits per heavy atom. The molecule has 1 aliphatic rings. The van der Waals surface area contributed by atoms with Gasteiger partial charge < -0.3 is 14.2 Å². The maximum atomic E-state index is 12.8. The molecule has 176 valence electrons. The SMILES string of the molecule is Cc1cc(C)n(CC(=O)N2CCCC(COc3ccc(CN(C)Cc4ccon4)cc3)C2)n1. The third kappa shape index (κ3) is 6.44. The van der Waals surface area contributed by atoms with Crippen molar-refractivity contribution in [3.05, 3.63) is 65.3 Å². The van der Waals surface area contributed by atoms with E-state index in [2.05, 4.69) is 34.3 Å². The van der Waals surface area contributed by atoms with Crippen molar-refractivity contribution in [1.29, 1.82) is 0 Å². The lowest BCUT2D eigenvalue weighted by molar-refractivity contribution is -0.134. The van der Waals surface area contributed by atoms with Crippen LogP contribution in [0.15, 0.2) is 47.2 Å². The molecule has 8 heteroatoms. The first-order chi connectivity index (χ1) is 16.0. The second-order valence-corrected chi connectivity index (χ2v) is 9.05. The second-order valence-electron chi connectivity index (χ2n) is 9.05. The van der Waals surface area contributed by atoms with Crippen molar-refractivity contribution in [3.8, 4) is 5.75 Å². The van der Waals surface area contributed by atoms with Crippen molar-refractivity contribution in [1.82, 2.24) is 24.7 Å². The third-order valence-electron chi connectivity index (χ3n) is 6.04. The average molecular weight is 452 g/mol. The van der Waals surface area contributed by atoms with Crippen LogP contribution in [0.25, 0.3) is 0 Å². The Morgan fingerprint density at radius 3 is 2.73 bits per heavy atom. The number of benzene rings is 1. The Kier molecular flexibility index (Phi) is 7.44. The third-order valence-corrected chi connectivity index (χ3v) is 6.04. The van der Waals surface area contributed by atoms with Crippen molar-refractivity contribution < 1.29 is 14.1 Å². The monoisotopic (exact) mass is 451 g/mol. The number of aryl methyl sites for hydroxylation is 2. The van der Waals surface area contributed by atoms with E-state index in [9.17, 15) is 4.79 Å². The van der Waals surface area contributed by atoms with Gasteiger partial charge in [0.25, 0.3) is 0 Å². The predicted octanol–water partition coefficient (Wildman–Crippen LogP) is 3.44. The minimum atomic E-state index is 0.130. The van der Waals surface area contributed by atoms with Gasteiger partial charge in [0.05, 0.1) is 18.0 Å². The quantitative estimate of drug-likeness (QED) is 0.496. The molecule has 1 aliphatic heterocycles. The summed E-state index contributed by atoms with van der Waals surface area (Å²) in [6, 6.07) is 12.1. The van der Waals surface area contributed by atoms with E-state index >= 15 is 0 Å². The maximum Gasteiger partial charge on any atom is 0.244 e. The van der Waals surface area contributed by atoms with Gasteiger partial charge in [-0.2, -0.15) is 5.10 Å². The smallest absolute Gasteiger partial charge is 0.244 e. The number of carbonyl (C=O) groups is 1. The summed E-state index contributed by atoms with van der Waals surface area (Å²) in [7, 11) is 2.06. The van der Waals surface area contributed by atoms with Crippen LogP contribution >= 0.6 is 0 Å². The van der Waals surface area contributed by atoms with Crippen LogP contribution < -0.4 is 4.74 Å². The fraction of sp³-hybridized carbons (Fsp3) is 0.480. The van der Waals surface area contributed by atoms with Gasteiger partial charge in [0.1, 0.15) is 18.6 Å². The maximum absolute atomic E-state index is 12.8. The number of ether oxygens (including phenoxy) is 1. The molecule has 1 aromatic carbocycles. The van der Waals surface area contributed by atoms with E-state index in [1.54, 1.807) is 10.9 Å². The Labute approximate surface area is 195 Å². The summed E-state index contributed by atoms with van der Waals surface area (Å²) in [5, 5.41) is 8.37. The molecule has 0 bridgehead atoms. The topological polar surface area (TPSA) is 76.6 Å². The van der Waals surface area contributed by atoms with Gasteiger partial charge in [-0.15, -0.1) is 0 Å².